The lowest BCUT2D eigenvalue weighted by Crippen LogP contribution is -2.07. The minimum atomic E-state index is -0.193. The second-order valence-corrected chi connectivity index (χ2v) is 5.18. The molecule has 0 aliphatic rings. The van der Waals surface area contributed by atoms with Crippen LogP contribution in [0.15, 0.2) is 48.5 Å². The van der Waals surface area contributed by atoms with Crippen LogP contribution in [0.5, 0.6) is 0 Å². The Balaban J connectivity index is 2.03. The molecule has 0 heterocycles. The number of hydrogen-bond acceptors (Lipinski definition) is 1. The van der Waals surface area contributed by atoms with Gasteiger partial charge < -0.3 is 5.32 Å². The molecule has 0 atom stereocenters. The molecule has 102 valence electrons. The molecular formula is C16H13Cl2NO. The van der Waals surface area contributed by atoms with E-state index >= 15 is 0 Å². The van der Waals surface area contributed by atoms with Crippen molar-refractivity contribution in [3.05, 3.63) is 69.7 Å². The molecule has 0 saturated carbocycles. The average Bonchev–Trinajstić information content (AvgIpc) is 2.40. The molecule has 0 saturated heterocycles. The fourth-order valence-electron chi connectivity index (χ4n) is 1.69. The molecular weight excluding hydrogens is 293 g/mol. The number of anilines is 1. The fourth-order valence-corrected chi connectivity index (χ4v) is 2.00. The van der Waals surface area contributed by atoms with Crippen molar-refractivity contribution in [1.29, 1.82) is 0 Å². The van der Waals surface area contributed by atoms with E-state index in [1.165, 1.54) is 6.08 Å². The fraction of sp³-hybridized carbons (Fsp3) is 0.0625. The maximum absolute atomic E-state index is 11.8. The van der Waals surface area contributed by atoms with Crippen LogP contribution in [-0.4, -0.2) is 5.91 Å². The van der Waals surface area contributed by atoms with Crippen LogP contribution >= 0.6 is 23.2 Å². The van der Waals surface area contributed by atoms with E-state index in [9.17, 15) is 4.79 Å². The van der Waals surface area contributed by atoms with Gasteiger partial charge in [-0.05, 0) is 48.4 Å². The van der Waals surface area contributed by atoms with Crippen molar-refractivity contribution in [3.8, 4) is 0 Å². The van der Waals surface area contributed by atoms with Crippen molar-refractivity contribution >= 4 is 40.9 Å². The van der Waals surface area contributed by atoms with E-state index < -0.39 is 0 Å². The van der Waals surface area contributed by atoms with E-state index in [0.29, 0.717) is 10.0 Å². The minimum Gasteiger partial charge on any atom is -0.323 e. The predicted octanol–water partition coefficient (Wildman–Crippen LogP) is 4.95. The predicted molar refractivity (Wildman–Crippen MR) is 85.3 cm³/mol. The lowest BCUT2D eigenvalue weighted by atomic mass is 10.2. The van der Waals surface area contributed by atoms with E-state index in [-0.39, 0.29) is 5.91 Å². The van der Waals surface area contributed by atoms with Crippen LogP contribution in [0.2, 0.25) is 10.0 Å². The van der Waals surface area contributed by atoms with Crippen LogP contribution < -0.4 is 5.32 Å². The number of aryl methyl sites for hydroxylation is 1. The van der Waals surface area contributed by atoms with Crippen molar-refractivity contribution in [2.45, 2.75) is 6.92 Å². The molecule has 0 unspecified atom stereocenters. The summed E-state index contributed by atoms with van der Waals surface area (Å²) in [4.78, 5) is 11.8. The SMILES string of the molecule is Cc1cccc(NC(=O)C=Cc2ccc(Cl)c(Cl)c2)c1. The van der Waals surface area contributed by atoms with E-state index in [0.717, 1.165) is 16.8 Å². The number of benzene rings is 2. The summed E-state index contributed by atoms with van der Waals surface area (Å²) in [6, 6.07) is 12.8. The van der Waals surface area contributed by atoms with E-state index in [2.05, 4.69) is 5.32 Å². The van der Waals surface area contributed by atoms with Gasteiger partial charge in [-0.2, -0.15) is 0 Å². The van der Waals surface area contributed by atoms with Gasteiger partial charge in [-0.3, -0.25) is 4.79 Å². The first-order valence-electron chi connectivity index (χ1n) is 6.05. The molecule has 0 aliphatic carbocycles. The molecule has 0 spiro atoms. The Labute approximate surface area is 128 Å². The Hall–Kier alpha value is -1.77. The highest BCUT2D eigenvalue weighted by Crippen LogP contribution is 2.23. The first-order valence-corrected chi connectivity index (χ1v) is 6.81. The third kappa shape index (κ3) is 4.12. The lowest BCUT2D eigenvalue weighted by molar-refractivity contribution is -0.111. The summed E-state index contributed by atoms with van der Waals surface area (Å²) in [5.74, 6) is -0.193. The molecule has 2 nitrogen and oxygen atoms in total. The van der Waals surface area contributed by atoms with E-state index in [4.69, 9.17) is 23.2 Å². The summed E-state index contributed by atoms with van der Waals surface area (Å²) >= 11 is 11.7. The summed E-state index contributed by atoms with van der Waals surface area (Å²) in [7, 11) is 0. The summed E-state index contributed by atoms with van der Waals surface area (Å²) in [5.41, 5.74) is 2.68. The number of rotatable bonds is 3. The van der Waals surface area contributed by atoms with Crippen LogP contribution in [0.1, 0.15) is 11.1 Å². The van der Waals surface area contributed by atoms with Gasteiger partial charge in [0.15, 0.2) is 0 Å². The third-order valence-corrected chi connectivity index (χ3v) is 3.40. The number of carbonyl (C=O) groups is 1. The molecule has 4 heteroatoms. The van der Waals surface area contributed by atoms with Crippen molar-refractivity contribution in [3.63, 3.8) is 0 Å². The second kappa shape index (κ2) is 6.60. The zero-order chi connectivity index (χ0) is 14.5. The van der Waals surface area contributed by atoms with Gasteiger partial charge in [-0.1, -0.05) is 41.4 Å². The molecule has 2 rings (SSSR count). The highest BCUT2D eigenvalue weighted by Gasteiger charge is 1.99. The largest absolute Gasteiger partial charge is 0.323 e. The van der Waals surface area contributed by atoms with Crippen LogP contribution in [0.3, 0.4) is 0 Å². The molecule has 2 aromatic carbocycles. The Bertz CT molecular complexity index is 665. The van der Waals surface area contributed by atoms with Crippen LogP contribution in [0.4, 0.5) is 5.69 Å². The van der Waals surface area contributed by atoms with Gasteiger partial charge in [0.1, 0.15) is 0 Å². The molecule has 2 aromatic rings. The topological polar surface area (TPSA) is 29.1 Å². The number of halogens is 2. The standard InChI is InChI=1S/C16H13Cl2NO/c1-11-3-2-4-13(9-11)19-16(20)8-6-12-5-7-14(17)15(18)10-12/h2-10H,1H3,(H,19,20). The van der Waals surface area contributed by atoms with Crippen LogP contribution in [0.25, 0.3) is 6.08 Å². The van der Waals surface area contributed by atoms with E-state index in [1.807, 2.05) is 31.2 Å². The van der Waals surface area contributed by atoms with Gasteiger partial charge in [-0.25, -0.2) is 0 Å². The zero-order valence-electron chi connectivity index (χ0n) is 10.9. The summed E-state index contributed by atoms with van der Waals surface area (Å²) in [5, 5.41) is 3.75. The monoisotopic (exact) mass is 305 g/mol. The Morgan fingerprint density at radius 1 is 1.10 bits per heavy atom. The molecule has 0 bridgehead atoms. The molecule has 20 heavy (non-hydrogen) atoms. The normalized spacial score (nSPS) is 10.8. The molecule has 0 aliphatic heterocycles. The molecule has 0 aromatic heterocycles. The Morgan fingerprint density at radius 3 is 2.60 bits per heavy atom. The molecule has 0 fully saturated rings. The molecule has 0 radical (unpaired) electrons. The number of carbonyl (C=O) groups excluding carboxylic acids is 1. The number of amides is 1. The summed E-state index contributed by atoms with van der Waals surface area (Å²) < 4.78 is 0. The van der Waals surface area contributed by atoms with Crippen molar-refractivity contribution in [2.75, 3.05) is 5.32 Å². The van der Waals surface area contributed by atoms with Gasteiger partial charge in [0, 0.05) is 11.8 Å². The Kier molecular flexibility index (Phi) is 4.83. The van der Waals surface area contributed by atoms with Crippen molar-refractivity contribution < 1.29 is 4.79 Å². The highest BCUT2D eigenvalue weighted by atomic mass is 35.5. The van der Waals surface area contributed by atoms with Crippen LogP contribution in [0, 0.1) is 6.92 Å². The molecule has 1 amide bonds. The van der Waals surface area contributed by atoms with Gasteiger partial charge in [0.05, 0.1) is 10.0 Å². The minimum absolute atomic E-state index is 0.193. The summed E-state index contributed by atoms with van der Waals surface area (Å²) in [6.07, 6.45) is 3.15. The quantitative estimate of drug-likeness (QED) is 0.798. The summed E-state index contributed by atoms with van der Waals surface area (Å²) in [6.45, 7) is 1.97. The molecule has 1 N–H and O–H groups in total. The van der Waals surface area contributed by atoms with Crippen molar-refractivity contribution in [2.24, 2.45) is 0 Å². The maximum atomic E-state index is 11.8. The van der Waals surface area contributed by atoms with Crippen molar-refractivity contribution in [1.82, 2.24) is 0 Å². The second-order valence-electron chi connectivity index (χ2n) is 4.37. The van der Waals surface area contributed by atoms with Gasteiger partial charge in [0.2, 0.25) is 5.91 Å². The highest BCUT2D eigenvalue weighted by molar-refractivity contribution is 6.42. The lowest BCUT2D eigenvalue weighted by Gasteiger charge is -2.03. The Morgan fingerprint density at radius 2 is 1.90 bits per heavy atom. The zero-order valence-corrected chi connectivity index (χ0v) is 12.4. The average molecular weight is 306 g/mol. The van der Waals surface area contributed by atoms with Gasteiger partial charge in [-0.15, -0.1) is 0 Å². The van der Waals surface area contributed by atoms with Gasteiger partial charge in [0.25, 0.3) is 0 Å². The van der Waals surface area contributed by atoms with Gasteiger partial charge >= 0.3 is 0 Å². The first-order chi connectivity index (χ1) is 9.54. The smallest absolute Gasteiger partial charge is 0.248 e. The third-order valence-electron chi connectivity index (χ3n) is 2.66. The number of nitrogens with one attached hydrogen (secondary N) is 1. The van der Waals surface area contributed by atoms with Crippen LogP contribution in [-0.2, 0) is 4.79 Å². The van der Waals surface area contributed by atoms with E-state index in [1.54, 1.807) is 24.3 Å². The first kappa shape index (κ1) is 14.6. The maximum Gasteiger partial charge on any atom is 0.248 e. The number of hydrogen-bond donors (Lipinski definition) is 1.